The van der Waals surface area contributed by atoms with Crippen LogP contribution < -0.4 is 9.47 Å². The van der Waals surface area contributed by atoms with Crippen LogP contribution in [-0.2, 0) is 22.6 Å². The molecule has 6 nitrogen and oxygen atoms in total. The van der Waals surface area contributed by atoms with Gasteiger partial charge in [-0.1, -0.05) is 26.0 Å². The lowest BCUT2D eigenvalue weighted by molar-refractivity contribution is -0.135. The van der Waals surface area contributed by atoms with Crippen molar-refractivity contribution in [3.05, 3.63) is 53.9 Å². The van der Waals surface area contributed by atoms with E-state index in [0.29, 0.717) is 31.2 Å². The normalized spacial score (nSPS) is 16.2. The summed E-state index contributed by atoms with van der Waals surface area (Å²) in [6, 6.07) is 9.70. The number of benzene rings is 1. The lowest BCUT2D eigenvalue weighted by atomic mass is 10.1. The highest BCUT2D eigenvalue weighted by atomic mass is 16.6. The van der Waals surface area contributed by atoms with Crippen molar-refractivity contribution < 1.29 is 19.0 Å². The molecule has 0 unspecified atom stereocenters. The van der Waals surface area contributed by atoms with Gasteiger partial charge in [-0.15, -0.1) is 0 Å². The van der Waals surface area contributed by atoms with Gasteiger partial charge in [0.25, 0.3) is 0 Å². The van der Waals surface area contributed by atoms with Crippen molar-refractivity contribution in [2.24, 2.45) is 5.92 Å². The average Bonchev–Trinajstić information content (AvgIpc) is 3.21. The molecule has 1 aromatic heterocycles. The van der Waals surface area contributed by atoms with Crippen LogP contribution in [0.4, 0.5) is 0 Å². The zero-order valence-corrected chi connectivity index (χ0v) is 16.8. The number of hydrogen-bond donors (Lipinski definition) is 0. The van der Waals surface area contributed by atoms with E-state index in [4.69, 9.17) is 14.2 Å². The van der Waals surface area contributed by atoms with Gasteiger partial charge < -0.3 is 19.1 Å². The molecule has 2 heterocycles. The number of aromatic nitrogens is 1. The van der Waals surface area contributed by atoms with E-state index in [0.717, 1.165) is 24.2 Å². The Labute approximate surface area is 166 Å². The van der Waals surface area contributed by atoms with Gasteiger partial charge in [0.2, 0.25) is 5.91 Å². The number of rotatable bonds is 8. The summed E-state index contributed by atoms with van der Waals surface area (Å²) in [4.78, 5) is 18.7. The molecule has 1 atom stereocenters. The SMILES string of the molecule is COc1cc(CN(Cc2cccnc2)C(=O)C(C)C)ccc1O[C@@H]1CCOC1. The molecule has 0 bridgehead atoms. The molecule has 6 heteroatoms. The van der Waals surface area contributed by atoms with Gasteiger partial charge in [-0.25, -0.2) is 0 Å². The second kappa shape index (κ2) is 9.55. The van der Waals surface area contributed by atoms with E-state index >= 15 is 0 Å². The Morgan fingerprint density at radius 3 is 2.71 bits per heavy atom. The summed E-state index contributed by atoms with van der Waals surface area (Å²) in [5.74, 6) is 1.40. The van der Waals surface area contributed by atoms with Crippen molar-refractivity contribution in [3.63, 3.8) is 0 Å². The number of carbonyl (C=O) groups excluding carboxylic acids is 1. The Kier molecular flexibility index (Phi) is 6.87. The maximum atomic E-state index is 12.7. The third-order valence-corrected chi connectivity index (χ3v) is 4.68. The van der Waals surface area contributed by atoms with Crippen LogP contribution in [0, 0.1) is 5.92 Å². The quantitative estimate of drug-likeness (QED) is 0.698. The van der Waals surface area contributed by atoms with Crippen molar-refractivity contribution >= 4 is 5.91 Å². The third kappa shape index (κ3) is 5.23. The van der Waals surface area contributed by atoms with Gasteiger partial charge in [0.15, 0.2) is 11.5 Å². The summed E-state index contributed by atoms with van der Waals surface area (Å²) in [6.45, 7) is 6.18. The molecule has 0 saturated carbocycles. The maximum absolute atomic E-state index is 12.7. The zero-order valence-electron chi connectivity index (χ0n) is 16.8. The lowest BCUT2D eigenvalue weighted by Crippen LogP contribution is -2.33. The Bertz CT molecular complexity index is 773. The van der Waals surface area contributed by atoms with Crippen LogP contribution in [0.2, 0.25) is 0 Å². The lowest BCUT2D eigenvalue weighted by Gasteiger charge is -2.25. The number of methoxy groups -OCH3 is 1. The van der Waals surface area contributed by atoms with Crippen LogP contribution in [0.5, 0.6) is 11.5 Å². The van der Waals surface area contributed by atoms with Crippen molar-refractivity contribution in [1.29, 1.82) is 0 Å². The highest BCUT2D eigenvalue weighted by Crippen LogP contribution is 2.31. The Balaban J connectivity index is 1.76. The van der Waals surface area contributed by atoms with Gasteiger partial charge in [-0.2, -0.15) is 0 Å². The maximum Gasteiger partial charge on any atom is 0.225 e. The third-order valence-electron chi connectivity index (χ3n) is 4.68. The van der Waals surface area contributed by atoms with Gasteiger partial charge in [-0.3, -0.25) is 9.78 Å². The Hall–Kier alpha value is -2.60. The number of carbonyl (C=O) groups is 1. The van der Waals surface area contributed by atoms with Gasteiger partial charge in [0, 0.05) is 37.8 Å². The summed E-state index contributed by atoms with van der Waals surface area (Å²) >= 11 is 0. The van der Waals surface area contributed by atoms with Gasteiger partial charge in [0.1, 0.15) is 6.10 Å². The molecule has 1 saturated heterocycles. The average molecular weight is 384 g/mol. The fourth-order valence-electron chi connectivity index (χ4n) is 3.20. The van der Waals surface area contributed by atoms with Crippen molar-refractivity contribution in [1.82, 2.24) is 9.88 Å². The minimum atomic E-state index is -0.0801. The molecule has 28 heavy (non-hydrogen) atoms. The molecule has 1 aliphatic rings. The smallest absolute Gasteiger partial charge is 0.225 e. The molecule has 1 fully saturated rings. The summed E-state index contributed by atoms with van der Waals surface area (Å²) in [6.07, 6.45) is 4.47. The van der Waals surface area contributed by atoms with Crippen LogP contribution in [0.1, 0.15) is 31.4 Å². The summed E-state index contributed by atoms with van der Waals surface area (Å²) < 4.78 is 16.9. The first kappa shape index (κ1) is 20.1. The van der Waals surface area contributed by atoms with Crippen molar-refractivity contribution in [2.45, 2.75) is 39.5 Å². The highest BCUT2D eigenvalue weighted by Gasteiger charge is 2.21. The predicted octanol–water partition coefficient (Wildman–Crippen LogP) is 3.44. The minimum Gasteiger partial charge on any atom is -0.493 e. The van der Waals surface area contributed by atoms with E-state index in [-0.39, 0.29) is 17.9 Å². The van der Waals surface area contributed by atoms with Crippen LogP contribution in [0.25, 0.3) is 0 Å². The molecule has 3 rings (SSSR count). The van der Waals surface area contributed by atoms with E-state index in [9.17, 15) is 4.79 Å². The number of nitrogens with zero attached hydrogens (tertiary/aromatic N) is 2. The molecule has 1 aromatic carbocycles. The second-order valence-electron chi connectivity index (χ2n) is 7.30. The second-order valence-corrected chi connectivity index (χ2v) is 7.30. The predicted molar refractivity (Wildman–Crippen MR) is 106 cm³/mol. The van der Waals surface area contributed by atoms with Crippen molar-refractivity contribution in [2.75, 3.05) is 20.3 Å². The van der Waals surface area contributed by atoms with E-state index in [1.54, 1.807) is 19.5 Å². The first-order chi connectivity index (χ1) is 13.6. The fraction of sp³-hybridized carbons (Fsp3) is 0.455. The minimum absolute atomic E-state index is 0.0596. The Morgan fingerprint density at radius 2 is 2.07 bits per heavy atom. The standard InChI is InChI=1S/C22H28N2O4/c1-16(2)22(25)24(14-18-5-4-9-23-12-18)13-17-6-7-20(21(11-17)26-3)28-19-8-10-27-15-19/h4-7,9,11-12,16,19H,8,10,13-15H2,1-3H3/t19-/m1/s1. The topological polar surface area (TPSA) is 60.9 Å². The van der Waals surface area contributed by atoms with E-state index < -0.39 is 0 Å². The van der Waals surface area contributed by atoms with Crippen LogP contribution >= 0.6 is 0 Å². The number of ether oxygens (including phenoxy) is 3. The van der Waals surface area contributed by atoms with Gasteiger partial charge >= 0.3 is 0 Å². The molecule has 2 aromatic rings. The van der Waals surface area contributed by atoms with E-state index in [2.05, 4.69) is 4.98 Å². The van der Waals surface area contributed by atoms with E-state index in [1.165, 1.54) is 0 Å². The van der Waals surface area contributed by atoms with Crippen molar-refractivity contribution in [3.8, 4) is 11.5 Å². The molecular weight excluding hydrogens is 356 g/mol. The first-order valence-electron chi connectivity index (χ1n) is 9.66. The highest BCUT2D eigenvalue weighted by molar-refractivity contribution is 5.78. The molecule has 0 radical (unpaired) electrons. The van der Waals surface area contributed by atoms with Crippen LogP contribution in [0.15, 0.2) is 42.7 Å². The molecule has 1 amide bonds. The zero-order chi connectivity index (χ0) is 19.9. The van der Waals surface area contributed by atoms with Gasteiger partial charge in [0.05, 0.1) is 20.3 Å². The summed E-state index contributed by atoms with van der Waals surface area (Å²) in [5.41, 5.74) is 1.99. The summed E-state index contributed by atoms with van der Waals surface area (Å²) in [7, 11) is 1.63. The number of hydrogen-bond acceptors (Lipinski definition) is 5. The largest absolute Gasteiger partial charge is 0.493 e. The fourth-order valence-corrected chi connectivity index (χ4v) is 3.20. The van der Waals surface area contributed by atoms with Crippen LogP contribution in [-0.4, -0.2) is 42.2 Å². The Morgan fingerprint density at radius 1 is 1.25 bits per heavy atom. The van der Waals surface area contributed by atoms with Gasteiger partial charge in [-0.05, 0) is 29.3 Å². The first-order valence-corrected chi connectivity index (χ1v) is 9.66. The van der Waals surface area contributed by atoms with Crippen LogP contribution in [0.3, 0.4) is 0 Å². The summed E-state index contributed by atoms with van der Waals surface area (Å²) in [5, 5.41) is 0. The van der Waals surface area contributed by atoms with E-state index in [1.807, 2.05) is 49.1 Å². The molecule has 0 N–H and O–H groups in total. The molecule has 0 aliphatic carbocycles. The number of pyridine rings is 1. The number of amides is 1. The monoisotopic (exact) mass is 384 g/mol. The molecule has 1 aliphatic heterocycles. The molecule has 0 spiro atoms. The molecule has 150 valence electrons. The molecular formula is C22H28N2O4.